The molecule has 0 aliphatic carbocycles. The van der Waals surface area contributed by atoms with E-state index in [1.54, 1.807) is 18.4 Å². The largest absolute Gasteiger partial charge is 0.385 e. The Morgan fingerprint density at radius 3 is 2.69 bits per heavy atom. The summed E-state index contributed by atoms with van der Waals surface area (Å²) in [4.78, 5) is 24.2. The van der Waals surface area contributed by atoms with Gasteiger partial charge in [0.15, 0.2) is 5.13 Å². The number of piperazine rings is 1. The van der Waals surface area contributed by atoms with Crippen molar-refractivity contribution in [3.63, 3.8) is 0 Å². The van der Waals surface area contributed by atoms with E-state index in [4.69, 9.17) is 4.98 Å². The molecule has 2 N–H and O–H groups in total. The van der Waals surface area contributed by atoms with Crippen LogP contribution in [0.2, 0.25) is 0 Å². The fraction of sp³-hybridized carbons (Fsp3) is 0.360. The Kier molecular flexibility index (Phi) is 8.40. The highest BCUT2D eigenvalue weighted by Crippen LogP contribution is 2.32. The Balaban J connectivity index is 0.000000672. The highest BCUT2D eigenvalue weighted by Gasteiger charge is 2.16. The van der Waals surface area contributed by atoms with Gasteiger partial charge in [-0.1, -0.05) is 17.4 Å². The summed E-state index contributed by atoms with van der Waals surface area (Å²) < 4.78 is 5.66. The lowest BCUT2D eigenvalue weighted by Crippen LogP contribution is -2.45. The van der Waals surface area contributed by atoms with Gasteiger partial charge in [0.05, 0.1) is 16.4 Å². The molecule has 0 bridgehead atoms. The third-order valence-corrected chi connectivity index (χ3v) is 6.77. The number of hydrogen-bond acceptors (Lipinski definition) is 8. The number of carbonyl (C=O) groups excluding carboxylic acids is 1. The van der Waals surface area contributed by atoms with E-state index < -0.39 is 0 Å². The first-order valence-electron chi connectivity index (χ1n) is 11.6. The molecule has 35 heavy (non-hydrogen) atoms. The van der Waals surface area contributed by atoms with Gasteiger partial charge in [0.1, 0.15) is 5.82 Å². The molecule has 1 amide bonds. The van der Waals surface area contributed by atoms with E-state index in [9.17, 15) is 4.79 Å². The van der Waals surface area contributed by atoms with Crippen LogP contribution in [0.4, 0.5) is 10.9 Å². The molecule has 0 spiro atoms. The number of nitrogens with zero attached hydrogens (tertiary/aromatic N) is 5. The van der Waals surface area contributed by atoms with Crippen molar-refractivity contribution in [1.82, 2.24) is 30.0 Å². The first-order valence-corrected chi connectivity index (χ1v) is 12.4. The lowest BCUT2D eigenvalue weighted by molar-refractivity contribution is -0.119. The summed E-state index contributed by atoms with van der Waals surface area (Å²) in [7, 11) is 1.68. The van der Waals surface area contributed by atoms with Gasteiger partial charge in [-0.3, -0.25) is 14.8 Å². The van der Waals surface area contributed by atoms with Crippen molar-refractivity contribution in [3.8, 4) is 11.1 Å². The maximum absolute atomic E-state index is 10.9. The second kappa shape index (κ2) is 11.9. The topological polar surface area (TPSA) is 99.3 Å². The maximum atomic E-state index is 10.9. The number of aryl methyl sites for hydroxylation is 1. The van der Waals surface area contributed by atoms with E-state index in [-0.39, 0.29) is 0 Å². The van der Waals surface area contributed by atoms with Crippen LogP contribution in [0.25, 0.3) is 21.3 Å². The quantitative estimate of drug-likeness (QED) is 0.375. The molecule has 4 heterocycles. The maximum Gasteiger partial charge on any atom is 0.209 e. The lowest BCUT2D eigenvalue weighted by atomic mass is 10.1. The Morgan fingerprint density at radius 2 is 2.00 bits per heavy atom. The Bertz CT molecular complexity index is 1250. The van der Waals surface area contributed by atoms with Crippen LogP contribution in [0.5, 0.6) is 0 Å². The summed E-state index contributed by atoms with van der Waals surface area (Å²) in [5.41, 5.74) is 5.44. The third-order valence-electron chi connectivity index (χ3n) is 5.84. The molecular formula is C25H31N7O2S. The minimum atomic E-state index is 0.783. The molecule has 0 radical (unpaired) electrons. The molecule has 1 fully saturated rings. The molecule has 3 aromatic heterocycles. The number of benzene rings is 1. The molecule has 1 aliphatic heterocycles. The van der Waals surface area contributed by atoms with Crippen molar-refractivity contribution in [1.29, 1.82) is 0 Å². The number of aromatic nitrogens is 4. The van der Waals surface area contributed by atoms with Crippen LogP contribution in [0, 0.1) is 6.92 Å². The van der Waals surface area contributed by atoms with Crippen molar-refractivity contribution in [3.05, 3.63) is 54.0 Å². The Morgan fingerprint density at radius 1 is 1.20 bits per heavy atom. The smallest absolute Gasteiger partial charge is 0.209 e. The molecule has 1 aliphatic rings. The van der Waals surface area contributed by atoms with Gasteiger partial charge >= 0.3 is 0 Å². The summed E-state index contributed by atoms with van der Waals surface area (Å²) in [5, 5.41) is 11.3. The molecule has 5 rings (SSSR count). The summed E-state index contributed by atoms with van der Waals surface area (Å²) in [5.74, 6) is 0.786. The summed E-state index contributed by atoms with van der Waals surface area (Å²) in [6.45, 7) is 8.99. The summed E-state index contributed by atoms with van der Waals surface area (Å²) in [6, 6.07) is 10.4. The molecular weight excluding hydrogens is 462 g/mol. The predicted molar refractivity (Wildman–Crippen MR) is 140 cm³/mol. The number of hydrogen-bond donors (Lipinski definition) is 2. The number of nitrogens with one attached hydrogen (secondary N) is 2. The van der Waals surface area contributed by atoms with Crippen LogP contribution in [0.15, 0.2) is 42.7 Å². The van der Waals surface area contributed by atoms with Crippen molar-refractivity contribution >= 4 is 38.9 Å². The summed E-state index contributed by atoms with van der Waals surface area (Å²) in [6.07, 6.45) is 4.61. The molecule has 9 nitrogen and oxygen atoms in total. The first kappa shape index (κ1) is 24.8. The van der Waals surface area contributed by atoms with Gasteiger partial charge in [-0.25, -0.2) is 9.97 Å². The second-order valence-corrected chi connectivity index (χ2v) is 9.31. The number of ether oxygens (including phenoxy) is 1. The van der Waals surface area contributed by atoms with Crippen molar-refractivity contribution in [2.24, 2.45) is 0 Å². The number of H-pyrrole nitrogens is 1. The van der Waals surface area contributed by atoms with Crippen LogP contribution >= 0.6 is 11.3 Å². The Hall–Kier alpha value is -3.34. The minimum Gasteiger partial charge on any atom is -0.385 e. The van der Waals surface area contributed by atoms with Crippen molar-refractivity contribution in [2.45, 2.75) is 20.4 Å². The molecule has 0 unspecified atom stereocenters. The monoisotopic (exact) mass is 493 g/mol. The standard InChI is InChI=1S/C22H23N7OS.C3H8O/c1-15-18(12-24-27-15)17-2-3-19-20(11-17)31-22(25-19)26-21-10-16(4-5-23-21)13-28-6-8-29(14-30)9-7-28;1-3-4-2/h2-5,10-12,14H,6-9,13H2,1H3,(H,24,27)(H,23,25,26);3H2,1-2H3. The predicted octanol–water partition coefficient (Wildman–Crippen LogP) is 4.06. The first-order chi connectivity index (χ1) is 17.1. The second-order valence-electron chi connectivity index (χ2n) is 8.28. The van der Waals surface area contributed by atoms with E-state index in [0.717, 1.165) is 83.7 Å². The van der Waals surface area contributed by atoms with E-state index in [2.05, 4.69) is 48.3 Å². The average Bonchev–Trinajstić information content (AvgIpc) is 3.49. The number of thiazole rings is 1. The van der Waals surface area contributed by atoms with Gasteiger partial charge in [0.25, 0.3) is 0 Å². The highest BCUT2D eigenvalue weighted by molar-refractivity contribution is 7.22. The zero-order valence-corrected chi connectivity index (χ0v) is 21.1. The van der Waals surface area contributed by atoms with Crippen LogP contribution in [0.1, 0.15) is 18.2 Å². The molecule has 0 atom stereocenters. The zero-order chi connectivity index (χ0) is 24.6. The molecule has 1 saturated heterocycles. The number of anilines is 2. The molecule has 0 saturated carbocycles. The van der Waals surface area contributed by atoms with Crippen molar-refractivity contribution in [2.75, 3.05) is 45.2 Å². The normalized spacial score (nSPS) is 14.0. The zero-order valence-electron chi connectivity index (χ0n) is 20.3. The van der Waals surface area contributed by atoms with Crippen LogP contribution in [-0.2, 0) is 16.1 Å². The number of pyridine rings is 1. The van der Waals surface area contributed by atoms with Crippen LogP contribution in [-0.4, -0.2) is 76.3 Å². The van der Waals surface area contributed by atoms with E-state index in [1.807, 2.05) is 43.3 Å². The number of amides is 1. The number of fused-ring (bicyclic) bond motifs is 1. The van der Waals surface area contributed by atoms with Crippen LogP contribution in [0.3, 0.4) is 0 Å². The Labute approximate surface area is 209 Å². The number of methoxy groups -OCH3 is 1. The molecule has 1 aromatic carbocycles. The molecule has 4 aromatic rings. The van der Waals surface area contributed by atoms with Gasteiger partial charge in [-0.15, -0.1) is 0 Å². The third kappa shape index (κ3) is 6.41. The minimum absolute atomic E-state index is 0.783. The fourth-order valence-corrected chi connectivity index (χ4v) is 4.74. The highest BCUT2D eigenvalue weighted by atomic mass is 32.1. The number of aromatic amines is 1. The van der Waals surface area contributed by atoms with E-state index in [0.29, 0.717) is 0 Å². The van der Waals surface area contributed by atoms with Crippen LogP contribution < -0.4 is 5.32 Å². The van der Waals surface area contributed by atoms with Gasteiger partial charge in [0, 0.05) is 63.9 Å². The number of carbonyl (C=O) groups is 1. The number of rotatable bonds is 7. The van der Waals surface area contributed by atoms with Gasteiger partial charge in [0.2, 0.25) is 6.41 Å². The lowest BCUT2D eigenvalue weighted by Gasteiger charge is -2.32. The van der Waals surface area contributed by atoms with E-state index in [1.165, 1.54) is 5.56 Å². The molecule has 10 heteroatoms. The van der Waals surface area contributed by atoms with Gasteiger partial charge < -0.3 is 15.0 Å². The molecule has 184 valence electrons. The van der Waals surface area contributed by atoms with Gasteiger partial charge in [-0.2, -0.15) is 5.10 Å². The van der Waals surface area contributed by atoms with E-state index >= 15 is 0 Å². The summed E-state index contributed by atoms with van der Waals surface area (Å²) >= 11 is 1.61. The fourth-order valence-electron chi connectivity index (χ4n) is 3.82. The van der Waals surface area contributed by atoms with Crippen molar-refractivity contribution < 1.29 is 9.53 Å². The van der Waals surface area contributed by atoms with Gasteiger partial charge in [-0.05, 0) is 49.2 Å². The average molecular weight is 494 g/mol. The SMILES string of the molecule is CCOC.Cc1[nH]ncc1-c1ccc2nc(Nc3cc(CN4CCN(C=O)CC4)ccn3)sc2c1.